The quantitative estimate of drug-likeness (QED) is 0.634. The van der Waals surface area contributed by atoms with Crippen LogP contribution in [-0.4, -0.2) is 11.1 Å². The van der Waals surface area contributed by atoms with E-state index in [1.807, 2.05) is 11.8 Å². The highest BCUT2D eigenvalue weighted by Crippen LogP contribution is 2.45. The van der Waals surface area contributed by atoms with E-state index in [4.69, 9.17) is 9.90 Å². The SMILES string of the molecule is CC(=O)O.Cc1ccc2c(c1C)Nc1ccccc1S2. The normalized spacial score (nSPS) is 11.3. The van der Waals surface area contributed by atoms with Gasteiger partial charge in [-0.05, 0) is 43.2 Å². The lowest BCUT2D eigenvalue weighted by atomic mass is 10.1. The first-order valence-corrected chi connectivity index (χ1v) is 7.14. The molecule has 1 aliphatic heterocycles. The van der Waals surface area contributed by atoms with Crippen LogP contribution in [0.5, 0.6) is 0 Å². The van der Waals surface area contributed by atoms with Gasteiger partial charge in [-0.15, -0.1) is 0 Å². The fourth-order valence-electron chi connectivity index (χ4n) is 1.94. The lowest BCUT2D eigenvalue weighted by molar-refractivity contribution is -0.134. The van der Waals surface area contributed by atoms with Crippen molar-refractivity contribution >= 4 is 29.1 Å². The molecule has 1 aliphatic rings. The van der Waals surface area contributed by atoms with E-state index >= 15 is 0 Å². The molecule has 0 aromatic heterocycles. The molecule has 0 aliphatic carbocycles. The highest BCUT2D eigenvalue weighted by molar-refractivity contribution is 7.99. The van der Waals surface area contributed by atoms with E-state index in [0.29, 0.717) is 0 Å². The number of nitrogens with one attached hydrogen (secondary N) is 1. The van der Waals surface area contributed by atoms with Gasteiger partial charge in [0.15, 0.2) is 0 Å². The van der Waals surface area contributed by atoms with Crippen molar-refractivity contribution < 1.29 is 9.90 Å². The van der Waals surface area contributed by atoms with E-state index in [2.05, 4.69) is 55.6 Å². The van der Waals surface area contributed by atoms with Gasteiger partial charge in [0.2, 0.25) is 0 Å². The van der Waals surface area contributed by atoms with Crippen LogP contribution in [0.25, 0.3) is 0 Å². The number of benzene rings is 2. The molecule has 4 heteroatoms. The van der Waals surface area contributed by atoms with E-state index in [0.717, 1.165) is 6.92 Å². The molecule has 0 radical (unpaired) electrons. The van der Waals surface area contributed by atoms with Crippen LogP contribution in [0.4, 0.5) is 11.4 Å². The summed E-state index contributed by atoms with van der Waals surface area (Å²) in [6.07, 6.45) is 0. The molecule has 0 fully saturated rings. The molecule has 0 amide bonds. The fourth-order valence-corrected chi connectivity index (χ4v) is 3.00. The summed E-state index contributed by atoms with van der Waals surface area (Å²) in [5, 5.41) is 10.9. The Kier molecular flexibility index (Phi) is 4.35. The van der Waals surface area contributed by atoms with Crippen LogP contribution in [0.1, 0.15) is 18.1 Å². The van der Waals surface area contributed by atoms with Crippen molar-refractivity contribution in [2.75, 3.05) is 5.32 Å². The standard InChI is InChI=1S/C14H13NS.C2H4O2/c1-9-7-8-13-14(10(9)2)15-11-5-3-4-6-12(11)16-13;1-2(3)4/h3-8,15H,1-2H3;1H3,(H,3,4). The van der Waals surface area contributed by atoms with E-state index < -0.39 is 5.97 Å². The lowest BCUT2D eigenvalue weighted by Crippen LogP contribution is -2.02. The zero-order valence-electron chi connectivity index (χ0n) is 11.7. The molecule has 0 spiro atoms. The number of aryl methyl sites for hydroxylation is 1. The van der Waals surface area contributed by atoms with Crippen LogP contribution in [0.3, 0.4) is 0 Å². The Morgan fingerprint density at radius 1 is 1.10 bits per heavy atom. The summed E-state index contributed by atoms with van der Waals surface area (Å²) >= 11 is 1.84. The predicted octanol–water partition coefficient (Wildman–Crippen LogP) is 4.60. The number of hydrogen-bond acceptors (Lipinski definition) is 3. The van der Waals surface area contributed by atoms with Crippen molar-refractivity contribution in [2.24, 2.45) is 0 Å². The van der Waals surface area contributed by atoms with Gasteiger partial charge >= 0.3 is 0 Å². The summed E-state index contributed by atoms with van der Waals surface area (Å²) in [4.78, 5) is 11.6. The van der Waals surface area contributed by atoms with Crippen molar-refractivity contribution in [1.82, 2.24) is 0 Å². The van der Waals surface area contributed by atoms with Crippen LogP contribution >= 0.6 is 11.8 Å². The summed E-state index contributed by atoms with van der Waals surface area (Å²) in [6.45, 7) is 5.41. The second kappa shape index (κ2) is 6.01. The highest BCUT2D eigenvalue weighted by atomic mass is 32.2. The maximum atomic E-state index is 9.00. The van der Waals surface area contributed by atoms with Gasteiger partial charge in [0.25, 0.3) is 5.97 Å². The summed E-state index contributed by atoms with van der Waals surface area (Å²) in [5.41, 5.74) is 5.17. The van der Waals surface area contributed by atoms with Gasteiger partial charge in [0, 0.05) is 16.7 Å². The Hall–Kier alpha value is -1.94. The summed E-state index contributed by atoms with van der Waals surface area (Å²) in [5.74, 6) is -0.833. The van der Waals surface area contributed by atoms with Crippen LogP contribution in [0.2, 0.25) is 0 Å². The smallest absolute Gasteiger partial charge is 0.300 e. The molecule has 0 bridgehead atoms. The largest absolute Gasteiger partial charge is 0.481 e. The van der Waals surface area contributed by atoms with Gasteiger partial charge < -0.3 is 10.4 Å². The van der Waals surface area contributed by atoms with Gasteiger partial charge in [-0.3, -0.25) is 4.79 Å². The molecular formula is C16H17NO2S. The first-order chi connectivity index (χ1) is 9.49. The van der Waals surface area contributed by atoms with Crippen molar-refractivity contribution in [2.45, 2.75) is 30.6 Å². The van der Waals surface area contributed by atoms with Crippen LogP contribution in [0, 0.1) is 13.8 Å². The number of para-hydroxylation sites is 1. The van der Waals surface area contributed by atoms with Crippen LogP contribution in [0.15, 0.2) is 46.2 Å². The molecule has 104 valence electrons. The number of carboxylic acids is 1. The molecule has 2 aromatic carbocycles. The topological polar surface area (TPSA) is 49.3 Å². The first-order valence-electron chi connectivity index (χ1n) is 6.32. The van der Waals surface area contributed by atoms with Gasteiger partial charge in [-0.25, -0.2) is 0 Å². The molecule has 3 nitrogen and oxygen atoms in total. The maximum absolute atomic E-state index is 9.00. The number of carbonyl (C=O) groups is 1. The Balaban J connectivity index is 0.000000328. The third-order valence-corrected chi connectivity index (χ3v) is 4.20. The Morgan fingerprint density at radius 3 is 2.45 bits per heavy atom. The minimum atomic E-state index is -0.833. The minimum absolute atomic E-state index is 0.833. The van der Waals surface area contributed by atoms with Gasteiger partial charge in [-0.1, -0.05) is 30.0 Å². The third-order valence-electron chi connectivity index (χ3n) is 3.06. The predicted molar refractivity (Wildman–Crippen MR) is 83.1 cm³/mol. The minimum Gasteiger partial charge on any atom is -0.481 e. The van der Waals surface area contributed by atoms with Crippen LogP contribution in [-0.2, 0) is 4.79 Å². The van der Waals surface area contributed by atoms with Crippen molar-refractivity contribution in [3.8, 4) is 0 Å². The van der Waals surface area contributed by atoms with E-state index in [-0.39, 0.29) is 0 Å². The average molecular weight is 287 g/mol. The van der Waals surface area contributed by atoms with Crippen molar-refractivity contribution in [3.05, 3.63) is 47.5 Å². The second-order valence-corrected chi connectivity index (χ2v) is 5.71. The second-order valence-electron chi connectivity index (χ2n) is 4.62. The van der Waals surface area contributed by atoms with Crippen LogP contribution < -0.4 is 5.32 Å². The number of fused-ring (bicyclic) bond motifs is 2. The zero-order valence-corrected chi connectivity index (χ0v) is 12.5. The van der Waals surface area contributed by atoms with E-state index in [1.54, 1.807) is 0 Å². The number of carboxylic acid groups (broad SMARTS) is 1. The molecule has 1 heterocycles. The molecular weight excluding hydrogens is 270 g/mol. The first kappa shape index (κ1) is 14.5. The average Bonchev–Trinajstić information content (AvgIpc) is 2.41. The summed E-state index contributed by atoms with van der Waals surface area (Å²) in [6, 6.07) is 12.8. The maximum Gasteiger partial charge on any atom is 0.300 e. The molecule has 20 heavy (non-hydrogen) atoms. The fraction of sp³-hybridized carbons (Fsp3) is 0.188. The number of rotatable bonds is 0. The monoisotopic (exact) mass is 287 g/mol. The van der Waals surface area contributed by atoms with Gasteiger partial charge in [-0.2, -0.15) is 0 Å². The Morgan fingerprint density at radius 2 is 1.75 bits per heavy atom. The van der Waals surface area contributed by atoms with E-state index in [1.165, 1.54) is 32.3 Å². The molecule has 0 saturated heterocycles. The molecule has 2 aromatic rings. The molecule has 0 atom stereocenters. The van der Waals surface area contributed by atoms with Gasteiger partial charge in [0.1, 0.15) is 0 Å². The number of aliphatic carboxylic acids is 1. The van der Waals surface area contributed by atoms with Crippen molar-refractivity contribution in [3.63, 3.8) is 0 Å². The highest BCUT2D eigenvalue weighted by Gasteiger charge is 2.17. The summed E-state index contributed by atoms with van der Waals surface area (Å²) in [7, 11) is 0. The zero-order chi connectivity index (χ0) is 14.7. The third kappa shape index (κ3) is 3.14. The summed E-state index contributed by atoms with van der Waals surface area (Å²) < 4.78 is 0. The Bertz CT molecular complexity index is 649. The number of anilines is 2. The number of hydrogen-bond donors (Lipinski definition) is 2. The van der Waals surface area contributed by atoms with E-state index in [9.17, 15) is 0 Å². The molecule has 0 unspecified atom stereocenters. The van der Waals surface area contributed by atoms with Crippen molar-refractivity contribution in [1.29, 1.82) is 0 Å². The molecule has 3 rings (SSSR count). The molecule has 2 N–H and O–H groups in total. The lowest BCUT2D eigenvalue weighted by Gasteiger charge is -2.23. The molecule has 0 saturated carbocycles. The Labute approximate surface area is 123 Å². The van der Waals surface area contributed by atoms with Gasteiger partial charge in [0.05, 0.1) is 11.4 Å².